The first-order valence-electron chi connectivity index (χ1n) is 6.91. The molecule has 0 radical (unpaired) electrons. The van der Waals surface area contributed by atoms with Gasteiger partial charge in [-0.15, -0.1) is 0 Å². The molecule has 0 amide bonds. The minimum absolute atomic E-state index is 0.0966. The largest absolute Gasteiger partial charge is 0.454 e. The summed E-state index contributed by atoms with van der Waals surface area (Å²) in [5, 5.41) is 38.3. The van der Waals surface area contributed by atoms with E-state index in [1.165, 1.54) is 0 Å². The van der Waals surface area contributed by atoms with E-state index >= 15 is 0 Å². The molecule has 1 aromatic carbocycles. The van der Waals surface area contributed by atoms with Crippen molar-refractivity contribution >= 4 is 0 Å². The number of benzene rings is 1. The van der Waals surface area contributed by atoms with Crippen LogP contribution in [0.5, 0.6) is 11.5 Å². The maximum Gasteiger partial charge on any atom is 0.231 e. The molecule has 5 atom stereocenters. The van der Waals surface area contributed by atoms with Crippen molar-refractivity contribution in [3.63, 3.8) is 0 Å². The maximum absolute atomic E-state index is 9.87. The lowest BCUT2D eigenvalue weighted by Gasteiger charge is -2.39. The van der Waals surface area contributed by atoms with Crippen LogP contribution in [0.25, 0.3) is 0 Å². The SMILES string of the molecule is OCC1OC(OCc2ccc3c(c2)OCO3)C(O)C(O)C1O. The molecule has 0 aliphatic carbocycles. The second-order valence-corrected chi connectivity index (χ2v) is 5.20. The zero-order valence-electron chi connectivity index (χ0n) is 11.7. The standard InChI is InChI=1S/C14H18O8/c15-4-10-11(16)12(17)13(18)14(22-10)19-5-7-1-2-8-9(3-7)21-6-20-8/h1-3,10-18H,4-6H2. The zero-order chi connectivity index (χ0) is 15.7. The van der Waals surface area contributed by atoms with Crippen LogP contribution in [0.4, 0.5) is 0 Å². The average molecular weight is 314 g/mol. The lowest BCUT2D eigenvalue weighted by atomic mass is 9.99. The van der Waals surface area contributed by atoms with E-state index in [-0.39, 0.29) is 13.4 Å². The summed E-state index contributed by atoms with van der Waals surface area (Å²) in [4.78, 5) is 0. The predicted octanol–water partition coefficient (Wildman–Crippen LogP) is -1.27. The molecule has 1 fully saturated rings. The molecule has 2 aliphatic rings. The van der Waals surface area contributed by atoms with Gasteiger partial charge in [0, 0.05) is 0 Å². The Balaban J connectivity index is 1.63. The topological polar surface area (TPSA) is 118 Å². The number of ether oxygens (including phenoxy) is 4. The van der Waals surface area contributed by atoms with E-state index in [1.807, 2.05) is 0 Å². The molecule has 122 valence electrons. The predicted molar refractivity (Wildman–Crippen MR) is 71.1 cm³/mol. The summed E-state index contributed by atoms with van der Waals surface area (Å²) in [5.41, 5.74) is 0.765. The molecule has 0 aromatic heterocycles. The van der Waals surface area contributed by atoms with Crippen LogP contribution in [0.15, 0.2) is 18.2 Å². The van der Waals surface area contributed by atoms with Crippen molar-refractivity contribution in [1.82, 2.24) is 0 Å². The molecule has 2 aliphatic heterocycles. The Morgan fingerprint density at radius 3 is 2.59 bits per heavy atom. The fourth-order valence-corrected chi connectivity index (χ4v) is 2.41. The molecule has 1 saturated heterocycles. The van der Waals surface area contributed by atoms with Crippen molar-refractivity contribution in [1.29, 1.82) is 0 Å². The molecule has 3 rings (SSSR count). The fraction of sp³-hybridized carbons (Fsp3) is 0.571. The molecule has 2 heterocycles. The quantitative estimate of drug-likeness (QED) is 0.543. The van der Waals surface area contributed by atoms with E-state index in [9.17, 15) is 15.3 Å². The Hall–Kier alpha value is -1.42. The highest BCUT2D eigenvalue weighted by Gasteiger charge is 2.43. The summed E-state index contributed by atoms with van der Waals surface area (Å²) >= 11 is 0. The Morgan fingerprint density at radius 2 is 1.82 bits per heavy atom. The van der Waals surface area contributed by atoms with Crippen LogP contribution < -0.4 is 9.47 Å². The smallest absolute Gasteiger partial charge is 0.231 e. The van der Waals surface area contributed by atoms with E-state index in [0.29, 0.717) is 11.5 Å². The third-order valence-electron chi connectivity index (χ3n) is 3.70. The third kappa shape index (κ3) is 2.89. The molecule has 0 spiro atoms. The Kier molecular flexibility index (Phi) is 4.48. The highest BCUT2D eigenvalue weighted by atomic mass is 16.7. The zero-order valence-corrected chi connectivity index (χ0v) is 11.7. The minimum atomic E-state index is -1.45. The summed E-state index contributed by atoms with van der Waals surface area (Å²) in [6.45, 7) is -0.222. The molecule has 0 saturated carbocycles. The first-order chi connectivity index (χ1) is 10.6. The molecule has 0 bridgehead atoms. The van der Waals surface area contributed by atoms with E-state index < -0.39 is 37.3 Å². The molecule has 8 nitrogen and oxygen atoms in total. The molecule has 1 aromatic rings. The molecule has 22 heavy (non-hydrogen) atoms. The molecular weight excluding hydrogens is 296 g/mol. The van der Waals surface area contributed by atoms with Crippen LogP contribution in [-0.2, 0) is 16.1 Å². The van der Waals surface area contributed by atoms with Gasteiger partial charge in [-0.25, -0.2) is 0 Å². The van der Waals surface area contributed by atoms with Crippen LogP contribution in [0.3, 0.4) is 0 Å². The van der Waals surface area contributed by atoms with Gasteiger partial charge < -0.3 is 39.4 Å². The van der Waals surface area contributed by atoms with Gasteiger partial charge in [-0.1, -0.05) is 6.07 Å². The Labute approximate surface area is 126 Å². The van der Waals surface area contributed by atoms with Gasteiger partial charge in [0.2, 0.25) is 6.79 Å². The van der Waals surface area contributed by atoms with Crippen molar-refractivity contribution in [2.75, 3.05) is 13.4 Å². The van der Waals surface area contributed by atoms with Gasteiger partial charge in [-0.3, -0.25) is 0 Å². The number of hydrogen-bond donors (Lipinski definition) is 4. The highest BCUT2D eigenvalue weighted by Crippen LogP contribution is 2.33. The number of aliphatic hydroxyl groups excluding tert-OH is 4. The van der Waals surface area contributed by atoms with Crippen LogP contribution in [0.2, 0.25) is 0 Å². The summed E-state index contributed by atoms with van der Waals surface area (Å²) in [5.74, 6) is 1.26. The second-order valence-electron chi connectivity index (χ2n) is 5.20. The normalized spacial score (nSPS) is 33.9. The summed E-state index contributed by atoms with van der Waals surface area (Å²) in [7, 11) is 0. The monoisotopic (exact) mass is 314 g/mol. The third-order valence-corrected chi connectivity index (χ3v) is 3.70. The number of rotatable bonds is 4. The lowest BCUT2D eigenvalue weighted by Crippen LogP contribution is -2.59. The molecular formula is C14H18O8. The number of hydrogen-bond acceptors (Lipinski definition) is 8. The summed E-state index contributed by atoms with van der Waals surface area (Å²) < 4.78 is 21.2. The van der Waals surface area contributed by atoms with Crippen molar-refractivity contribution in [2.45, 2.75) is 37.3 Å². The van der Waals surface area contributed by atoms with Gasteiger partial charge in [0.05, 0.1) is 13.2 Å². The van der Waals surface area contributed by atoms with E-state index in [4.69, 9.17) is 24.1 Å². The van der Waals surface area contributed by atoms with Crippen molar-refractivity contribution in [3.8, 4) is 11.5 Å². The molecule has 5 unspecified atom stereocenters. The van der Waals surface area contributed by atoms with E-state index in [2.05, 4.69) is 0 Å². The minimum Gasteiger partial charge on any atom is -0.454 e. The number of fused-ring (bicyclic) bond motifs is 1. The highest BCUT2D eigenvalue weighted by molar-refractivity contribution is 5.44. The van der Waals surface area contributed by atoms with Crippen LogP contribution in [-0.4, -0.2) is 64.5 Å². The number of aliphatic hydroxyl groups is 4. The first kappa shape index (κ1) is 15.5. The van der Waals surface area contributed by atoms with Crippen LogP contribution >= 0.6 is 0 Å². The summed E-state index contributed by atoms with van der Waals surface area (Å²) in [6, 6.07) is 5.26. The van der Waals surface area contributed by atoms with Crippen molar-refractivity contribution in [2.24, 2.45) is 0 Å². The summed E-state index contributed by atoms with van der Waals surface area (Å²) in [6.07, 6.45) is -6.40. The van der Waals surface area contributed by atoms with E-state index in [1.54, 1.807) is 18.2 Å². The average Bonchev–Trinajstić information content (AvgIpc) is 2.99. The first-order valence-corrected chi connectivity index (χ1v) is 6.91. The second kappa shape index (κ2) is 6.37. The fourth-order valence-electron chi connectivity index (χ4n) is 2.41. The van der Waals surface area contributed by atoms with Crippen LogP contribution in [0.1, 0.15) is 5.56 Å². The Bertz CT molecular complexity index is 520. The van der Waals surface area contributed by atoms with Gasteiger partial charge in [0.15, 0.2) is 17.8 Å². The van der Waals surface area contributed by atoms with Gasteiger partial charge in [-0.05, 0) is 17.7 Å². The maximum atomic E-state index is 9.87. The van der Waals surface area contributed by atoms with Gasteiger partial charge in [-0.2, -0.15) is 0 Å². The van der Waals surface area contributed by atoms with Gasteiger partial charge in [0.25, 0.3) is 0 Å². The van der Waals surface area contributed by atoms with Crippen molar-refractivity contribution < 1.29 is 39.4 Å². The molecule has 8 heteroatoms. The van der Waals surface area contributed by atoms with Crippen molar-refractivity contribution in [3.05, 3.63) is 23.8 Å². The lowest BCUT2D eigenvalue weighted by molar-refractivity contribution is -0.304. The Morgan fingerprint density at radius 1 is 1.05 bits per heavy atom. The van der Waals surface area contributed by atoms with Gasteiger partial charge >= 0.3 is 0 Å². The van der Waals surface area contributed by atoms with Gasteiger partial charge in [0.1, 0.15) is 24.4 Å². The van der Waals surface area contributed by atoms with E-state index in [0.717, 1.165) is 5.56 Å². The van der Waals surface area contributed by atoms with Crippen LogP contribution in [0, 0.1) is 0 Å². The molecule has 4 N–H and O–H groups in total.